The Morgan fingerprint density at radius 1 is 1.60 bits per heavy atom. The Morgan fingerprint density at radius 3 is 2.80 bits per heavy atom. The fourth-order valence-electron chi connectivity index (χ4n) is 1.81. The zero-order valence-electron chi connectivity index (χ0n) is 9.42. The lowest BCUT2D eigenvalue weighted by Gasteiger charge is -2.40. The van der Waals surface area contributed by atoms with Crippen LogP contribution in [0.5, 0.6) is 0 Å². The first-order valence-electron chi connectivity index (χ1n) is 5.46. The van der Waals surface area contributed by atoms with Crippen LogP contribution < -0.4 is 11.1 Å². The fraction of sp³-hybridized carbons (Fsp3) is 0.727. The van der Waals surface area contributed by atoms with Crippen molar-refractivity contribution in [3.63, 3.8) is 0 Å². The van der Waals surface area contributed by atoms with E-state index in [1.54, 1.807) is 11.3 Å². The second-order valence-electron chi connectivity index (χ2n) is 5.03. The molecule has 1 aromatic heterocycles. The number of nitrogens with two attached hydrogens (primary N) is 1. The minimum absolute atomic E-state index is 0.0362. The lowest BCUT2D eigenvalue weighted by molar-refractivity contribution is 0.214. The van der Waals surface area contributed by atoms with Gasteiger partial charge >= 0.3 is 0 Å². The molecule has 0 unspecified atom stereocenters. The third-order valence-electron chi connectivity index (χ3n) is 3.20. The molecular weight excluding hydrogens is 206 g/mol. The van der Waals surface area contributed by atoms with E-state index in [9.17, 15) is 0 Å². The van der Waals surface area contributed by atoms with Gasteiger partial charge in [0, 0.05) is 23.7 Å². The van der Waals surface area contributed by atoms with Gasteiger partial charge in [-0.2, -0.15) is 0 Å². The number of rotatable bonds is 4. The molecule has 3 nitrogen and oxygen atoms in total. The average Bonchev–Trinajstić information content (AvgIpc) is 2.65. The molecule has 15 heavy (non-hydrogen) atoms. The van der Waals surface area contributed by atoms with Crippen molar-refractivity contribution in [2.24, 2.45) is 5.73 Å². The topological polar surface area (TPSA) is 50.9 Å². The van der Waals surface area contributed by atoms with E-state index in [1.807, 2.05) is 11.6 Å². The zero-order chi connectivity index (χ0) is 10.9. The normalized spacial score (nSPS) is 19.9. The monoisotopic (exact) mass is 225 g/mol. The van der Waals surface area contributed by atoms with Gasteiger partial charge in [-0.3, -0.25) is 0 Å². The fourth-order valence-corrected chi connectivity index (χ4v) is 2.55. The minimum Gasteiger partial charge on any atom is -0.324 e. The maximum Gasteiger partial charge on any atom is 0.112 e. The van der Waals surface area contributed by atoms with E-state index >= 15 is 0 Å². The Morgan fingerprint density at radius 2 is 2.33 bits per heavy atom. The second kappa shape index (κ2) is 3.85. The van der Waals surface area contributed by atoms with Gasteiger partial charge in [0.25, 0.3) is 0 Å². The standard InChI is InChI=1S/C11H19N3S/c1-10(2,9-13-6-7-15-9)14-8-11(12)4-3-5-11/h6-7,14H,3-5,8,12H2,1-2H3. The van der Waals surface area contributed by atoms with Crippen molar-refractivity contribution >= 4 is 11.3 Å². The van der Waals surface area contributed by atoms with Gasteiger partial charge in [0.2, 0.25) is 0 Å². The van der Waals surface area contributed by atoms with Crippen molar-refractivity contribution in [3.05, 3.63) is 16.6 Å². The highest BCUT2D eigenvalue weighted by Crippen LogP contribution is 2.30. The van der Waals surface area contributed by atoms with Crippen molar-refractivity contribution in [1.82, 2.24) is 10.3 Å². The predicted octanol–water partition coefficient (Wildman–Crippen LogP) is 1.85. The third-order valence-corrected chi connectivity index (χ3v) is 4.30. The van der Waals surface area contributed by atoms with Crippen LogP contribution in [0.1, 0.15) is 38.1 Å². The molecule has 2 rings (SSSR count). The Bertz CT molecular complexity index is 315. The maximum atomic E-state index is 6.18. The van der Waals surface area contributed by atoms with Gasteiger partial charge in [-0.05, 0) is 33.1 Å². The molecule has 0 radical (unpaired) electrons. The summed E-state index contributed by atoms with van der Waals surface area (Å²) >= 11 is 1.69. The van der Waals surface area contributed by atoms with Crippen LogP contribution in [-0.4, -0.2) is 17.1 Å². The average molecular weight is 225 g/mol. The van der Waals surface area contributed by atoms with Gasteiger partial charge in [0.15, 0.2) is 0 Å². The number of nitrogens with one attached hydrogen (secondary N) is 1. The van der Waals surface area contributed by atoms with Crippen LogP contribution in [0.3, 0.4) is 0 Å². The molecule has 0 atom stereocenters. The maximum absolute atomic E-state index is 6.18. The van der Waals surface area contributed by atoms with Gasteiger partial charge in [-0.25, -0.2) is 4.98 Å². The third kappa shape index (κ3) is 2.38. The van der Waals surface area contributed by atoms with Crippen LogP contribution in [0.2, 0.25) is 0 Å². The number of nitrogens with zero attached hydrogens (tertiary/aromatic N) is 1. The summed E-state index contributed by atoms with van der Waals surface area (Å²) in [6.07, 6.45) is 5.42. The van der Waals surface area contributed by atoms with Crippen molar-refractivity contribution in [2.75, 3.05) is 6.54 Å². The predicted molar refractivity (Wildman–Crippen MR) is 63.9 cm³/mol. The Balaban J connectivity index is 1.93. The Hall–Kier alpha value is -0.450. The highest BCUT2D eigenvalue weighted by Gasteiger charge is 2.34. The molecule has 1 fully saturated rings. The highest BCUT2D eigenvalue weighted by molar-refractivity contribution is 7.09. The molecule has 0 bridgehead atoms. The Labute approximate surface area is 95.1 Å². The van der Waals surface area contributed by atoms with E-state index in [-0.39, 0.29) is 11.1 Å². The van der Waals surface area contributed by atoms with Crippen LogP contribution in [0.4, 0.5) is 0 Å². The van der Waals surface area contributed by atoms with Crippen molar-refractivity contribution < 1.29 is 0 Å². The van der Waals surface area contributed by atoms with Crippen LogP contribution in [0.15, 0.2) is 11.6 Å². The molecule has 0 saturated heterocycles. The quantitative estimate of drug-likeness (QED) is 0.822. The molecule has 84 valence electrons. The van der Waals surface area contributed by atoms with Crippen LogP contribution in [0, 0.1) is 0 Å². The second-order valence-corrected chi connectivity index (χ2v) is 5.93. The molecule has 0 amide bonds. The number of hydrogen-bond donors (Lipinski definition) is 2. The lowest BCUT2D eigenvalue weighted by atomic mass is 9.77. The van der Waals surface area contributed by atoms with E-state index < -0.39 is 0 Å². The number of hydrogen-bond acceptors (Lipinski definition) is 4. The molecule has 1 heterocycles. The molecule has 0 aromatic carbocycles. The molecule has 4 heteroatoms. The van der Waals surface area contributed by atoms with Gasteiger partial charge in [0.1, 0.15) is 5.01 Å². The van der Waals surface area contributed by atoms with Crippen molar-refractivity contribution in [2.45, 2.75) is 44.2 Å². The first-order chi connectivity index (χ1) is 7.02. The SMILES string of the molecule is CC(C)(NCC1(N)CCC1)c1nccs1. The van der Waals surface area contributed by atoms with Crippen molar-refractivity contribution in [3.8, 4) is 0 Å². The van der Waals surface area contributed by atoms with Crippen LogP contribution in [0.25, 0.3) is 0 Å². The lowest BCUT2D eigenvalue weighted by Crippen LogP contribution is -2.57. The van der Waals surface area contributed by atoms with Gasteiger partial charge in [-0.15, -0.1) is 11.3 Å². The molecule has 1 saturated carbocycles. The highest BCUT2D eigenvalue weighted by atomic mass is 32.1. The largest absolute Gasteiger partial charge is 0.324 e. The van der Waals surface area contributed by atoms with E-state index in [0.717, 1.165) is 24.4 Å². The molecule has 1 aromatic rings. The number of aromatic nitrogens is 1. The summed E-state index contributed by atoms with van der Waals surface area (Å²) in [5.41, 5.74) is 6.16. The van der Waals surface area contributed by atoms with E-state index in [4.69, 9.17) is 5.73 Å². The molecule has 1 aliphatic rings. The van der Waals surface area contributed by atoms with Gasteiger partial charge in [0.05, 0.1) is 5.54 Å². The molecule has 0 spiro atoms. The van der Waals surface area contributed by atoms with E-state index in [1.165, 1.54) is 6.42 Å². The summed E-state index contributed by atoms with van der Waals surface area (Å²) < 4.78 is 0. The molecular formula is C11H19N3S. The zero-order valence-corrected chi connectivity index (χ0v) is 10.2. The molecule has 3 N–H and O–H groups in total. The minimum atomic E-state index is -0.0594. The van der Waals surface area contributed by atoms with Gasteiger partial charge in [-0.1, -0.05) is 0 Å². The summed E-state index contributed by atoms with van der Waals surface area (Å²) in [4.78, 5) is 4.35. The summed E-state index contributed by atoms with van der Waals surface area (Å²) in [7, 11) is 0. The van der Waals surface area contributed by atoms with E-state index in [0.29, 0.717) is 0 Å². The smallest absolute Gasteiger partial charge is 0.112 e. The molecule has 0 aliphatic heterocycles. The number of thiazole rings is 1. The van der Waals surface area contributed by atoms with Crippen LogP contribution in [-0.2, 0) is 5.54 Å². The summed E-state index contributed by atoms with van der Waals surface area (Å²) in [6.45, 7) is 5.21. The Kier molecular flexibility index (Phi) is 2.83. The molecule has 1 aliphatic carbocycles. The van der Waals surface area contributed by atoms with Crippen molar-refractivity contribution in [1.29, 1.82) is 0 Å². The first-order valence-corrected chi connectivity index (χ1v) is 6.34. The summed E-state index contributed by atoms with van der Waals surface area (Å²) in [6, 6.07) is 0. The summed E-state index contributed by atoms with van der Waals surface area (Å²) in [5.74, 6) is 0. The van der Waals surface area contributed by atoms with Crippen LogP contribution >= 0.6 is 11.3 Å². The van der Waals surface area contributed by atoms with E-state index in [2.05, 4.69) is 24.1 Å². The van der Waals surface area contributed by atoms with Gasteiger partial charge < -0.3 is 11.1 Å². The summed E-state index contributed by atoms with van der Waals surface area (Å²) in [5, 5.41) is 6.67. The first kappa shape index (κ1) is 11.0.